The van der Waals surface area contributed by atoms with Crippen molar-refractivity contribution in [3.8, 4) is 10.8 Å². The summed E-state index contributed by atoms with van der Waals surface area (Å²) in [4.78, 5) is 8.46. The Kier molecular flexibility index (Phi) is 1.98. The van der Waals surface area contributed by atoms with Gasteiger partial charge in [0.05, 0.1) is 0 Å². The van der Waals surface area contributed by atoms with Gasteiger partial charge in [-0.3, -0.25) is 0 Å². The second-order valence-electron chi connectivity index (χ2n) is 2.34. The molecule has 0 aliphatic heterocycles. The van der Waals surface area contributed by atoms with Crippen molar-refractivity contribution in [2.75, 3.05) is 0 Å². The van der Waals surface area contributed by atoms with Gasteiger partial charge in [-0.1, -0.05) is 0 Å². The maximum atomic E-state index is 4.27. The Morgan fingerprint density at radius 3 is 2.92 bits per heavy atom. The Morgan fingerprint density at radius 1 is 1.58 bits per heavy atom. The summed E-state index contributed by atoms with van der Waals surface area (Å²) in [7, 11) is 1.96. The summed E-state index contributed by atoms with van der Waals surface area (Å²) in [6.07, 6.45) is 3.68. The van der Waals surface area contributed by atoms with Crippen molar-refractivity contribution in [3.05, 3.63) is 22.4 Å². The van der Waals surface area contributed by atoms with Crippen LogP contribution in [0.5, 0.6) is 0 Å². The molecule has 0 atom stereocenters. The minimum absolute atomic E-state index is 0.866. The third-order valence-electron chi connectivity index (χ3n) is 1.49. The lowest BCUT2D eigenvalue weighted by Gasteiger charge is -1.94. The molecule has 12 heavy (non-hydrogen) atoms. The molecule has 0 aliphatic rings. The highest BCUT2D eigenvalue weighted by atomic mass is 79.9. The van der Waals surface area contributed by atoms with Crippen molar-refractivity contribution >= 4 is 27.3 Å². The number of halogens is 1. The van der Waals surface area contributed by atoms with E-state index in [1.807, 2.05) is 23.2 Å². The Balaban J connectivity index is 2.50. The standard InChI is InChI=1S/C7H6BrN3S/c1-11-3-2-9-6(11)7-10-5(8)4-12-7/h2-4H,1H3. The van der Waals surface area contributed by atoms with E-state index in [9.17, 15) is 0 Å². The van der Waals surface area contributed by atoms with Gasteiger partial charge >= 0.3 is 0 Å². The van der Waals surface area contributed by atoms with Gasteiger partial charge in [-0.05, 0) is 15.9 Å². The van der Waals surface area contributed by atoms with Crippen LogP contribution in [0.2, 0.25) is 0 Å². The topological polar surface area (TPSA) is 30.7 Å². The summed E-state index contributed by atoms with van der Waals surface area (Å²) in [6.45, 7) is 0. The zero-order chi connectivity index (χ0) is 8.55. The summed E-state index contributed by atoms with van der Waals surface area (Å²) in [5.74, 6) is 0.908. The van der Waals surface area contributed by atoms with E-state index in [0.29, 0.717) is 0 Å². The minimum Gasteiger partial charge on any atom is -0.332 e. The Labute approximate surface area is 82.2 Å². The van der Waals surface area contributed by atoms with Crippen molar-refractivity contribution in [3.63, 3.8) is 0 Å². The van der Waals surface area contributed by atoms with Gasteiger partial charge < -0.3 is 4.57 Å². The molecular formula is C7H6BrN3S. The van der Waals surface area contributed by atoms with Crippen molar-refractivity contribution < 1.29 is 0 Å². The highest BCUT2D eigenvalue weighted by Crippen LogP contribution is 2.23. The van der Waals surface area contributed by atoms with Crippen LogP contribution in [-0.4, -0.2) is 14.5 Å². The van der Waals surface area contributed by atoms with Crippen LogP contribution in [0.25, 0.3) is 10.8 Å². The van der Waals surface area contributed by atoms with E-state index in [1.165, 1.54) is 0 Å². The van der Waals surface area contributed by atoms with E-state index in [4.69, 9.17) is 0 Å². The molecule has 0 unspecified atom stereocenters. The molecule has 2 aromatic heterocycles. The van der Waals surface area contributed by atoms with Gasteiger partial charge in [0.2, 0.25) is 0 Å². The third-order valence-corrected chi connectivity index (χ3v) is 3.04. The Morgan fingerprint density at radius 2 is 2.42 bits per heavy atom. The van der Waals surface area contributed by atoms with Crippen LogP contribution in [0.15, 0.2) is 22.4 Å². The van der Waals surface area contributed by atoms with Gasteiger partial charge in [-0.15, -0.1) is 11.3 Å². The predicted molar refractivity (Wildman–Crippen MR) is 52.0 cm³/mol. The smallest absolute Gasteiger partial charge is 0.168 e. The lowest BCUT2D eigenvalue weighted by atomic mass is 10.6. The van der Waals surface area contributed by atoms with Crippen molar-refractivity contribution in [2.24, 2.45) is 7.05 Å². The molecule has 0 aromatic carbocycles. The maximum absolute atomic E-state index is 4.27. The first kappa shape index (κ1) is 7.94. The van der Waals surface area contributed by atoms with Crippen molar-refractivity contribution in [2.45, 2.75) is 0 Å². The quantitative estimate of drug-likeness (QED) is 0.770. The molecular weight excluding hydrogens is 238 g/mol. The summed E-state index contributed by atoms with van der Waals surface area (Å²) in [6, 6.07) is 0. The van der Waals surface area contributed by atoms with Crippen LogP contribution < -0.4 is 0 Å². The van der Waals surface area contributed by atoms with E-state index in [2.05, 4.69) is 25.9 Å². The molecule has 0 fully saturated rings. The number of nitrogens with zero attached hydrogens (tertiary/aromatic N) is 3. The first-order chi connectivity index (χ1) is 5.77. The molecule has 2 aromatic rings. The number of aromatic nitrogens is 3. The zero-order valence-electron chi connectivity index (χ0n) is 6.36. The molecule has 2 rings (SSSR count). The highest BCUT2D eigenvalue weighted by Gasteiger charge is 2.06. The monoisotopic (exact) mass is 243 g/mol. The van der Waals surface area contributed by atoms with Crippen LogP contribution in [0.3, 0.4) is 0 Å². The van der Waals surface area contributed by atoms with Crippen LogP contribution in [0, 0.1) is 0 Å². The second kappa shape index (κ2) is 2.99. The van der Waals surface area contributed by atoms with E-state index >= 15 is 0 Å². The Hall–Kier alpha value is -0.680. The molecule has 0 aliphatic carbocycles. The largest absolute Gasteiger partial charge is 0.332 e. The molecule has 0 radical (unpaired) electrons. The molecule has 0 saturated carbocycles. The molecule has 5 heteroatoms. The average Bonchev–Trinajstić information content (AvgIpc) is 2.58. The Bertz CT molecular complexity index is 393. The predicted octanol–water partition coefficient (Wildman–Crippen LogP) is 2.31. The number of imidazole rings is 1. The zero-order valence-corrected chi connectivity index (χ0v) is 8.76. The fourth-order valence-electron chi connectivity index (χ4n) is 0.929. The molecule has 0 N–H and O–H groups in total. The molecule has 0 bridgehead atoms. The van der Waals surface area contributed by atoms with E-state index < -0.39 is 0 Å². The molecule has 0 amide bonds. The second-order valence-corrected chi connectivity index (χ2v) is 4.01. The summed E-state index contributed by atoms with van der Waals surface area (Å²) in [5.41, 5.74) is 0. The molecule has 3 nitrogen and oxygen atoms in total. The summed E-state index contributed by atoms with van der Waals surface area (Å²) < 4.78 is 2.82. The van der Waals surface area contributed by atoms with Gasteiger partial charge in [0.1, 0.15) is 4.60 Å². The number of hydrogen-bond donors (Lipinski definition) is 0. The van der Waals surface area contributed by atoms with Gasteiger partial charge in [0.15, 0.2) is 10.8 Å². The molecule has 0 saturated heterocycles. The van der Waals surface area contributed by atoms with Gasteiger partial charge in [0, 0.05) is 24.8 Å². The number of aryl methyl sites for hydroxylation is 1. The molecule has 0 spiro atoms. The third kappa shape index (κ3) is 1.30. The number of hydrogen-bond acceptors (Lipinski definition) is 3. The van der Waals surface area contributed by atoms with Crippen LogP contribution in [0.4, 0.5) is 0 Å². The van der Waals surface area contributed by atoms with E-state index in [-0.39, 0.29) is 0 Å². The highest BCUT2D eigenvalue weighted by molar-refractivity contribution is 9.10. The molecule has 62 valence electrons. The van der Waals surface area contributed by atoms with Crippen molar-refractivity contribution in [1.29, 1.82) is 0 Å². The number of rotatable bonds is 1. The fraction of sp³-hybridized carbons (Fsp3) is 0.143. The maximum Gasteiger partial charge on any atom is 0.168 e. The number of thiazole rings is 1. The lowest BCUT2D eigenvalue weighted by molar-refractivity contribution is 0.922. The summed E-state index contributed by atoms with van der Waals surface area (Å²) >= 11 is 4.88. The van der Waals surface area contributed by atoms with E-state index in [0.717, 1.165) is 15.4 Å². The van der Waals surface area contributed by atoms with Crippen LogP contribution in [-0.2, 0) is 7.05 Å². The fourth-order valence-corrected chi connectivity index (χ4v) is 2.22. The first-order valence-corrected chi connectivity index (χ1v) is 5.03. The van der Waals surface area contributed by atoms with E-state index in [1.54, 1.807) is 17.5 Å². The first-order valence-electron chi connectivity index (χ1n) is 3.36. The van der Waals surface area contributed by atoms with Gasteiger partial charge in [0.25, 0.3) is 0 Å². The summed E-state index contributed by atoms with van der Waals surface area (Å²) in [5, 5.41) is 2.89. The average molecular weight is 244 g/mol. The SMILES string of the molecule is Cn1ccnc1-c1nc(Br)cs1. The normalized spacial score (nSPS) is 10.5. The van der Waals surface area contributed by atoms with Crippen LogP contribution in [0.1, 0.15) is 0 Å². The van der Waals surface area contributed by atoms with Crippen LogP contribution >= 0.6 is 27.3 Å². The van der Waals surface area contributed by atoms with Gasteiger partial charge in [-0.25, -0.2) is 9.97 Å². The minimum atomic E-state index is 0.866. The molecule has 2 heterocycles. The van der Waals surface area contributed by atoms with Crippen molar-refractivity contribution in [1.82, 2.24) is 14.5 Å². The lowest BCUT2D eigenvalue weighted by Crippen LogP contribution is -1.89. The van der Waals surface area contributed by atoms with Gasteiger partial charge in [-0.2, -0.15) is 0 Å².